The number of aliphatic carboxylic acids is 1. The van der Waals surface area contributed by atoms with Crippen LogP contribution in [0.15, 0.2) is 24.3 Å². The molecule has 0 unspecified atom stereocenters. The van der Waals surface area contributed by atoms with E-state index < -0.39 is 11.9 Å². The lowest BCUT2D eigenvalue weighted by Crippen LogP contribution is -2.10. The monoisotopic (exact) mass is 285 g/mol. The summed E-state index contributed by atoms with van der Waals surface area (Å²) in [5, 5.41) is 11.2. The van der Waals surface area contributed by atoms with E-state index in [1.54, 1.807) is 0 Å². The van der Waals surface area contributed by atoms with Gasteiger partial charge in [0.1, 0.15) is 11.5 Å². The maximum atomic E-state index is 11.5. The number of halogens is 1. The van der Waals surface area contributed by atoms with E-state index in [4.69, 9.17) is 26.2 Å². The molecule has 0 spiro atoms. The Labute approximate surface area is 114 Å². The van der Waals surface area contributed by atoms with Gasteiger partial charge < -0.3 is 19.9 Å². The molecule has 0 aliphatic heterocycles. The van der Waals surface area contributed by atoms with Crippen molar-refractivity contribution in [3.63, 3.8) is 0 Å². The zero-order chi connectivity index (χ0) is 14.4. The first-order valence-corrected chi connectivity index (χ1v) is 5.49. The Morgan fingerprint density at radius 3 is 2.37 bits per heavy atom. The number of anilines is 1. The van der Waals surface area contributed by atoms with Crippen molar-refractivity contribution in [3.05, 3.63) is 29.3 Å². The number of amides is 1. The van der Waals surface area contributed by atoms with Crippen LogP contribution < -0.4 is 14.8 Å². The minimum absolute atomic E-state index is 0.323. The normalized spacial score (nSPS) is 10.3. The van der Waals surface area contributed by atoms with Crippen molar-refractivity contribution in [2.75, 3.05) is 19.5 Å². The van der Waals surface area contributed by atoms with Gasteiger partial charge in [-0.05, 0) is 0 Å². The van der Waals surface area contributed by atoms with Gasteiger partial charge in [-0.25, -0.2) is 4.79 Å². The lowest BCUT2D eigenvalue weighted by molar-refractivity contribution is -0.131. The van der Waals surface area contributed by atoms with E-state index in [1.807, 2.05) is 0 Å². The first-order chi connectivity index (χ1) is 8.97. The molecule has 0 aromatic heterocycles. The van der Waals surface area contributed by atoms with E-state index >= 15 is 0 Å². The van der Waals surface area contributed by atoms with Crippen molar-refractivity contribution >= 4 is 29.2 Å². The fraction of sp³-hybridized carbons (Fsp3) is 0.167. The Hall–Kier alpha value is -2.21. The SMILES string of the molecule is COc1cc(NC(=O)C=CC(=O)O)c(OC)cc1Cl. The predicted molar refractivity (Wildman–Crippen MR) is 70.0 cm³/mol. The second-order valence-electron chi connectivity index (χ2n) is 3.35. The summed E-state index contributed by atoms with van der Waals surface area (Å²) in [4.78, 5) is 21.8. The van der Waals surface area contributed by atoms with E-state index in [2.05, 4.69) is 5.32 Å². The highest BCUT2D eigenvalue weighted by molar-refractivity contribution is 6.32. The fourth-order valence-corrected chi connectivity index (χ4v) is 1.51. The number of hydrogen-bond donors (Lipinski definition) is 2. The molecule has 0 radical (unpaired) electrons. The quantitative estimate of drug-likeness (QED) is 0.808. The van der Waals surface area contributed by atoms with Gasteiger partial charge in [0.2, 0.25) is 5.91 Å². The van der Waals surface area contributed by atoms with Crippen molar-refractivity contribution in [1.82, 2.24) is 0 Å². The third-order valence-corrected chi connectivity index (χ3v) is 2.40. The highest BCUT2D eigenvalue weighted by Gasteiger charge is 2.11. The number of carboxylic acids is 1. The maximum absolute atomic E-state index is 11.5. The molecule has 2 N–H and O–H groups in total. The minimum Gasteiger partial charge on any atom is -0.495 e. The van der Waals surface area contributed by atoms with Crippen molar-refractivity contribution < 1.29 is 24.2 Å². The second-order valence-corrected chi connectivity index (χ2v) is 3.76. The predicted octanol–water partition coefficient (Wildman–Crippen LogP) is 1.94. The fourth-order valence-electron chi connectivity index (χ4n) is 1.28. The highest BCUT2D eigenvalue weighted by Crippen LogP contribution is 2.35. The first kappa shape index (κ1) is 14.8. The van der Waals surface area contributed by atoms with E-state index in [-0.39, 0.29) is 0 Å². The Kier molecular flexibility index (Phi) is 5.20. The van der Waals surface area contributed by atoms with Crippen LogP contribution in [-0.2, 0) is 9.59 Å². The van der Waals surface area contributed by atoms with Gasteiger partial charge in [-0.2, -0.15) is 0 Å². The molecule has 0 bridgehead atoms. The smallest absolute Gasteiger partial charge is 0.328 e. The number of methoxy groups -OCH3 is 2. The number of ether oxygens (including phenoxy) is 2. The Balaban J connectivity index is 2.99. The summed E-state index contributed by atoms with van der Waals surface area (Å²) < 4.78 is 10.1. The summed E-state index contributed by atoms with van der Waals surface area (Å²) >= 11 is 5.91. The molecular weight excluding hydrogens is 274 g/mol. The average molecular weight is 286 g/mol. The van der Waals surface area contributed by atoms with Crippen LogP contribution in [0.25, 0.3) is 0 Å². The topological polar surface area (TPSA) is 84.9 Å². The van der Waals surface area contributed by atoms with Gasteiger partial charge in [-0.3, -0.25) is 4.79 Å². The number of benzene rings is 1. The third-order valence-electron chi connectivity index (χ3n) is 2.11. The molecule has 1 amide bonds. The van der Waals surface area contributed by atoms with Crippen LogP contribution in [0.1, 0.15) is 0 Å². The molecule has 6 nitrogen and oxygen atoms in total. The van der Waals surface area contributed by atoms with Crippen LogP contribution in [0.4, 0.5) is 5.69 Å². The second kappa shape index (κ2) is 6.65. The van der Waals surface area contributed by atoms with Crippen LogP contribution in [0, 0.1) is 0 Å². The van der Waals surface area contributed by atoms with E-state index in [0.717, 1.165) is 12.2 Å². The molecule has 0 saturated heterocycles. The van der Waals surface area contributed by atoms with Gasteiger partial charge >= 0.3 is 5.97 Å². The zero-order valence-electron chi connectivity index (χ0n) is 10.3. The Morgan fingerprint density at radius 1 is 1.21 bits per heavy atom. The number of rotatable bonds is 5. The lowest BCUT2D eigenvalue weighted by atomic mass is 10.2. The summed E-state index contributed by atoms with van der Waals surface area (Å²) in [6.07, 6.45) is 1.62. The Morgan fingerprint density at radius 2 is 1.84 bits per heavy atom. The van der Waals surface area contributed by atoms with Crippen LogP contribution in [0.3, 0.4) is 0 Å². The van der Waals surface area contributed by atoms with Gasteiger partial charge in [0.05, 0.1) is 24.9 Å². The third kappa shape index (κ3) is 4.18. The van der Waals surface area contributed by atoms with E-state index in [9.17, 15) is 9.59 Å². The number of carboxylic acid groups (broad SMARTS) is 1. The number of carbonyl (C=O) groups excluding carboxylic acids is 1. The molecule has 1 rings (SSSR count). The minimum atomic E-state index is -1.21. The van der Waals surface area contributed by atoms with Gasteiger partial charge in [0.15, 0.2) is 0 Å². The van der Waals surface area contributed by atoms with Crippen LogP contribution >= 0.6 is 11.6 Å². The van der Waals surface area contributed by atoms with Gasteiger partial charge in [0.25, 0.3) is 0 Å². The molecule has 0 fully saturated rings. The summed E-state index contributed by atoms with van der Waals surface area (Å²) in [7, 11) is 2.85. The first-order valence-electron chi connectivity index (χ1n) is 5.11. The lowest BCUT2D eigenvalue weighted by Gasteiger charge is -2.12. The van der Waals surface area contributed by atoms with Gasteiger partial charge in [-0.1, -0.05) is 11.6 Å². The molecule has 0 atom stereocenters. The number of nitrogens with one attached hydrogen (secondary N) is 1. The van der Waals surface area contributed by atoms with Crippen LogP contribution in [0.5, 0.6) is 11.5 Å². The van der Waals surface area contributed by atoms with Crippen molar-refractivity contribution in [3.8, 4) is 11.5 Å². The molecule has 1 aromatic rings. The van der Waals surface area contributed by atoms with Crippen LogP contribution in [-0.4, -0.2) is 31.2 Å². The molecule has 102 valence electrons. The molecule has 7 heteroatoms. The standard InChI is InChI=1S/C12H12ClNO5/c1-18-9-6-8(10(19-2)5-7(9)13)14-11(15)3-4-12(16)17/h3-6H,1-2H3,(H,14,15)(H,16,17). The maximum Gasteiger partial charge on any atom is 0.328 e. The van der Waals surface area contributed by atoms with Crippen molar-refractivity contribution in [2.45, 2.75) is 0 Å². The summed E-state index contributed by atoms with van der Waals surface area (Å²) in [6, 6.07) is 2.96. The average Bonchev–Trinajstić information content (AvgIpc) is 2.37. The van der Waals surface area contributed by atoms with Gasteiger partial charge in [-0.15, -0.1) is 0 Å². The van der Waals surface area contributed by atoms with Crippen molar-refractivity contribution in [2.24, 2.45) is 0 Å². The highest BCUT2D eigenvalue weighted by atomic mass is 35.5. The van der Waals surface area contributed by atoms with Crippen molar-refractivity contribution in [1.29, 1.82) is 0 Å². The van der Waals surface area contributed by atoms with Crippen LogP contribution in [0.2, 0.25) is 5.02 Å². The molecular formula is C12H12ClNO5. The zero-order valence-corrected chi connectivity index (χ0v) is 11.0. The molecule has 1 aromatic carbocycles. The molecule has 0 saturated carbocycles. The summed E-state index contributed by atoms with van der Waals surface area (Å²) in [6.45, 7) is 0. The summed E-state index contributed by atoms with van der Waals surface area (Å²) in [5.74, 6) is -1.12. The molecule has 0 aliphatic rings. The largest absolute Gasteiger partial charge is 0.495 e. The summed E-state index contributed by atoms with van der Waals surface area (Å²) in [5.41, 5.74) is 0.323. The van der Waals surface area contributed by atoms with Gasteiger partial charge in [0, 0.05) is 24.3 Å². The number of hydrogen-bond acceptors (Lipinski definition) is 4. The van der Waals surface area contributed by atoms with E-state index in [0.29, 0.717) is 22.2 Å². The Bertz CT molecular complexity index is 527. The van der Waals surface area contributed by atoms with E-state index in [1.165, 1.54) is 26.4 Å². The molecule has 0 heterocycles. The molecule has 0 aliphatic carbocycles. The number of carbonyl (C=O) groups is 2. The molecule has 19 heavy (non-hydrogen) atoms.